The van der Waals surface area contributed by atoms with Gasteiger partial charge in [0.1, 0.15) is 11.9 Å². The number of carbonyl (C=O) groups excluding carboxylic acids is 1. The Kier molecular flexibility index (Phi) is 2.85. The second-order valence-corrected chi connectivity index (χ2v) is 6.06. The van der Waals surface area contributed by atoms with Crippen molar-refractivity contribution in [2.24, 2.45) is 5.92 Å². The van der Waals surface area contributed by atoms with Crippen LogP contribution in [0.4, 0.5) is 5.95 Å². The normalized spacial score (nSPS) is 23.8. The van der Waals surface area contributed by atoms with E-state index in [0.29, 0.717) is 24.1 Å². The van der Waals surface area contributed by atoms with Crippen molar-refractivity contribution in [2.75, 3.05) is 5.32 Å². The number of nitrogens with zero attached hydrogens (tertiary/aromatic N) is 4. The average molecular weight is 295 g/mol. The molecule has 0 fully saturated rings. The summed E-state index contributed by atoms with van der Waals surface area (Å²) in [5.74, 6) is 1.95. The molecule has 2 aliphatic rings. The average Bonchev–Trinajstić information content (AvgIpc) is 2.85. The molecule has 6 nitrogen and oxygen atoms in total. The van der Waals surface area contributed by atoms with E-state index in [0.717, 1.165) is 23.3 Å². The van der Waals surface area contributed by atoms with Gasteiger partial charge in [-0.05, 0) is 37.0 Å². The highest BCUT2D eigenvalue weighted by molar-refractivity contribution is 5.99. The molecule has 6 heteroatoms. The van der Waals surface area contributed by atoms with Crippen molar-refractivity contribution in [3.8, 4) is 0 Å². The molecule has 3 heterocycles. The molecule has 0 bridgehead atoms. The van der Waals surface area contributed by atoms with Gasteiger partial charge in [-0.1, -0.05) is 6.92 Å². The molecule has 0 spiro atoms. The van der Waals surface area contributed by atoms with Crippen molar-refractivity contribution in [3.63, 3.8) is 0 Å². The van der Waals surface area contributed by atoms with Crippen molar-refractivity contribution in [2.45, 2.75) is 32.7 Å². The van der Waals surface area contributed by atoms with E-state index in [4.69, 9.17) is 0 Å². The lowest BCUT2D eigenvalue weighted by Crippen LogP contribution is -2.33. The second-order valence-electron chi connectivity index (χ2n) is 6.06. The molecule has 4 rings (SSSR count). The first-order valence-corrected chi connectivity index (χ1v) is 7.50. The molecule has 1 aliphatic heterocycles. The van der Waals surface area contributed by atoms with Crippen LogP contribution in [0.2, 0.25) is 0 Å². The number of hydrogen-bond acceptors (Lipinski definition) is 5. The Labute approximate surface area is 128 Å². The van der Waals surface area contributed by atoms with Gasteiger partial charge in [0.15, 0.2) is 5.78 Å². The van der Waals surface area contributed by atoms with E-state index >= 15 is 0 Å². The first-order valence-electron chi connectivity index (χ1n) is 7.50. The van der Waals surface area contributed by atoms with E-state index in [1.165, 1.54) is 0 Å². The quantitative estimate of drug-likeness (QED) is 0.873. The summed E-state index contributed by atoms with van der Waals surface area (Å²) in [6, 6.07) is 3.66. The van der Waals surface area contributed by atoms with E-state index in [2.05, 4.69) is 27.3 Å². The molecule has 2 aromatic heterocycles. The minimum atomic E-state index is -0.213. The van der Waals surface area contributed by atoms with E-state index in [9.17, 15) is 4.79 Å². The third-order valence-corrected chi connectivity index (χ3v) is 4.25. The minimum Gasteiger partial charge on any atom is -0.328 e. The smallest absolute Gasteiger partial charge is 0.226 e. The molecule has 0 saturated carbocycles. The molecule has 0 unspecified atom stereocenters. The van der Waals surface area contributed by atoms with Gasteiger partial charge in [-0.3, -0.25) is 9.78 Å². The molecule has 1 N–H and O–H groups in total. The van der Waals surface area contributed by atoms with Crippen LogP contribution in [0.25, 0.3) is 0 Å². The van der Waals surface area contributed by atoms with Gasteiger partial charge in [-0.15, -0.1) is 0 Å². The summed E-state index contributed by atoms with van der Waals surface area (Å²) < 4.78 is 1.82. The first-order chi connectivity index (χ1) is 10.6. The number of fused-ring (bicyclic) bond motifs is 1. The summed E-state index contributed by atoms with van der Waals surface area (Å²) in [5.41, 5.74) is 2.82. The Morgan fingerprint density at radius 3 is 2.82 bits per heavy atom. The summed E-state index contributed by atoms with van der Waals surface area (Å²) >= 11 is 0. The summed E-state index contributed by atoms with van der Waals surface area (Å²) in [7, 11) is 0. The zero-order chi connectivity index (χ0) is 15.3. The van der Waals surface area contributed by atoms with Gasteiger partial charge in [0.25, 0.3) is 0 Å². The molecular formula is C16H17N5O. The molecule has 0 aromatic carbocycles. The molecule has 22 heavy (non-hydrogen) atoms. The van der Waals surface area contributed by atoms with E-state index in [-0.39, 0.29) is 11.8 Å². The van der Waals surface area contributed by atoms with E-state index in [1.807, 2.05) is 23.7 Å². The molecular weight excluding hydrogens is 278 g/mol. The van der Waals surface area contributed by atoms with Gasteiger partial charge >= 0.3 is 0 Å². The lowest BCUT2D eigenvalue weighted by molar-refractivity contribution is -0.117. The standard InChI is InChI=1S/C16H17N5O/c1-9-7-12-14(13(22)8-9)15(11-3-5-17-6-4-11)21-16(19-12)18-10(2)20-21/h3-6,9,15H,7-8H2,1-2H3,(H,18,19,20)/t9-,15+/m1/s1. The number of hydrogen-bond donors (Lipinski definition) is 1. The molecule has 2 atom stereocenters. The summed E-state index contributed by atoms with van der Waals surface area (Å²) in [6.07, 6.45) is 4.95. The fourth-order valence-corrected chi connectivity index (χ4v) is 3.37. The van der Waals surface area contributed by atoms with E-state index < -0.39 is 0 Å². The zero-order valence-corrected chi connectivity index (χ0v) is 12.6. The molecule has 2 aromatic rings. The Hall–Kier alpha value is -2.50. The SMILES string of the molecule is Cc1nc2n(n1)[C@@H](c1ccncc1)C1=C(C[C@@H](C)CC1=O)N2. The van der Waals surface area contributed by atoms with Crippen molar-refractivity contribution in [1.82, 2.24) is 19.7 Å². The fourth-order valence-electron chi connectivity index (χ4n) is 3.37. The van der Waals surface area contributed by atoms with Crippen LogP contribution in [0, 0.1) is 12.8 Å². The fraction of sp³-hybridized carbons (Fsp3) is 0.375. The number of allylic oxidation sites excluding steroid dienone is 2. The Balaban J connectivity index is 1.92. The number of nitrogens with one attached hydrogen (secondary N) is 1. The van der Waals surface area contributed by atoms with Crippen molar-refractivity contribution in [3.05, 3.63) is 47.2 Å². The number of carbonyl (C=O) groups is 1. The number of Topliss-reactive ketones (excluding diaryl/α,β-unsaturated/α-hetero) is 1. The highest BCUT2D eigenvalue weighted by Gasteiger charge is 2.38. The number of aryl methyl sites for hydroxylation is 1. The molecule has 1 aliphatic carbocycles. The van der Waals surface area contributed by atoms with Gasteiger partial charge in [-0.25, -0.2) is 4.68 Å². The van der Waals surface area contributed by atoms with Crippen LogP contribution in [0.3, 0.4) is 0 Å². The predicted molar refractivity (Wildman–Crippen MR) is 81.2 cm³/mol. The van der Waals surface area contributed by atoms with Gasteiger partial charge in [0.05, 0.1) is 0 Å². The summed E-state index contributed by atoms with van der Waals surface area (Å²) in [4.78, 5) is 21.2. The Morgan fingerprint density at radius 2 is 2.05 bits per heavy atom. The maximum absolute atomic E-state index is 12.7. The van der Waals surface area contributed by atoms with Gasteiger partial charge < -0.3 is 5.32 Å². The summed E-state index contributed by atoms with van der Waals surface area (Å²) in [6.45, 7) is 3.97. The number of ketones is 1. The third kappa shape index (κ3) is 1.94. The van der Waals surface area contributed by atoms with Crippen LogP contribution in [-0.2, 0) is 4.79 Å². The monoisotopic (exact) mass is 295 g/mol. The van der Waals surface area contributed by atoms with Crippen molar-refractivity contribution >= 4 is 11.7 Å². The Morgan fingerprint density at radius 1 is 1.27 bits per heavy atom. The maximum Gasteiger partial charge on any atom is 0.226 e. The van der Waals surface area contributed by atoms with Crippen LogP contribution >= 0.6 is 0 Å². The lowest BCUT2D eigenvalue weighted by Gasteiger charge is -2.34. The molecule has 112 valence electrons. The second kappa shape index (κ2) is 4.76. The summed E-state index contributed by atoms with van der Waals surface area (Å²) in [5, 5.41) is 7.80. The van der Waals surface area contributed by atoms with Crippen LogP contribution < -0.4 is 5.32 Å². The topological polar surface area (TPSA) is 72.7 Å². The van der Waals surface area contributed by atoms with Gasteiger partial charge in [0, 0.05) is 30.1 Å². The van der Waals surface area contributed by atoms with Gasteiger partial charge in [-0.2, -0.15) is 10.1 Å². The van der Waals surface area contributed by atoms with Crippen molar-refractivity contribution < 1.29 is 4.79 Å². The highest BCUT2D eigenvalue weighted by atomic mass is 16.1. The highest BCUT2D eigenvalue weighted by Crippen LogP contribution is 2.40. The van der Waals surface area contributed by atoms with Crippen molar-refractivity contribution in [1.29, 1.82) is 0 Å². The number of rotatable bonds is 1. The van der Waals surface area contributed by atoms with Crippen LogP contribution in [-0.4, -0.2) is 25.5 Å². The maximum atomic E-state index is 12.7. The molecule has 0 amide bonds. The number of pyridine rings is 1. The lowest BCUT2D eigenvalue weighted by atomic mass is 9.81. The van der Waals surface area contributed by atoms with E-state index in [1.54, 1.807) is 12.4 Å². The molecule has 0 saturated heterocycles. The molecule has 0 radical (unpaired) electrons. The van der Waals surface area contributed by atoms with Crippen LogP contribution in [0.1, 0.15) is 37.2 Å². The number of aromatic nitrogens is 4. The zero-order valence-electron chi connectivity index (χ0n) is 12.6. The van der Waals surface area contributed by atoms with Gasteiger partial charge in [0.2, 0.25) is 5.95 Å². The number of anilines is 1. The Bertz CT molecular complexity index is 777. The minimum absolute atomic E-state index is 0.196. The largest absolute Gasteiger partial charge is 0.328 e. The van der Waals surface area contributed by atoms with Crippen LogP contribution in [0.5, 0.6) is 0 Å². The predicted octanol–water partition coefficient (Wildman–Crippen LogP) is 2.25. The first kappa shape index (κ1) is 13.2. The third-order valence-electron chi connectivity index (χ3n) is 4.25. The van der Waals surface area contributed by atoms with Crippen LogP contribution in [0.15, 0.2) is 35.8 Å².